The predicted octanol–water partition coefficient (Wildman–Crippen LogP) is 12.8. The Labute approximate surface area is 401 Å². The zero-order chi connectivity index (χ0) is 50.4. The van der Waals surface area contributed by atoms with Crippen LogP contribution in [-0.2, 0) is 31.5 Å². The summed E-state index contributed by atoms with van der Waals surface area (Å²) in [7, 11) is 0. The van der Waals surface area contributed by atoms with Crippen molar-refractivity contribution in [2.75, 3.05) is 21.3 Å². The highest BCUT2D eigenvalue weighted by atomic mass is 35.5. The Morgan fingerprint density at radius 3 is 1.13 bits per heavy atom. The van der Waals surface area contributed by atoms with Gasteiger partial charge >= 0.3 is 12.4 Å². The lowest BCUT2D eigenvalue weighted by molar-refractivity contribution is -0.138. The summed E-state index contributed by atoms with van der Waals surface area (Å²) in [6, 6.07) is 11.6. The second-order valence-electron chi connectivity index (χ2n) is 14.5. The molecule has 5 aromatic rings. The summed E-state index contributed by atoms with van der Waals surface area (Å²) >= 11 is 24.4. The molecule has 0 saturated heterocycles. The molecule has 0 bridgehead atoms. The number of benzene rings is 5. The summed E-state index contributed by atoms with van der Waals surface area (Å²) in [6.45, 7) is 5.27. The molecule has 2 atom stereocenters. The van der Waals surface area contributed by atoms with E-state index in [1.807, 2.05) is 0 Å². The number of nitrogens with one attached hydrogen (secondary N) is 4. The Hall–Kier alpha value is -6.74. The van der Waals surface area contributed by atoms with Gasteiger partial charge in [-0.2, -0.15) is 46.8 Å². The van der Waals surface area contributed by atoms with E-state index in [2.05, 4.69) is 41.7 Å². The van der Waals surface area contributed by atoms with E-state index < -0.39 is 70.8 Å². The summed E-state index contributed by atoms with van der Waals surface area (Å²) in [4.78, 5) is 77.9. The van der Waals surface area contributed by atoms with Crippen LogP contribution in [0.15, 0.2) is 105 Å². The summed E-state index contributed by atoms with van der Waals surface area (Å²) in [5.41, 5.74) is -1.61. The van der Waals surface area contributed by atoms with E-state index in [1.165, 1.54) is 36.4 Å². The standard InChI is InChI=1S/C44H32Cl4F6N8O6/c1-19-13-34(58-42(68)38(22(4)64)62-60-36-16-24(6-10-28(36)46)40(66)56-32-12-8-26(18-30(32)48)44(52,53)54)20(2)14-33(19)57-41(67)37(21(3)63)61-59-35-15-23(5-9-27(35)45)39(65)55-31-11-7-25(17-29(31)47)43(49,50)51/h5-18,37-38H,1-4H3,(H,55,65)(H,56,66)(H,57,67)(H,58,68). The van der Waals surface area contributed by atoms with Gasteiger partial charge in [0.2, 0.25) is 12.1 Å². The van der Waals surface area contributed by atoms with Gasteiger partial charge in [-0.1, -0.05) is 46.4 Å². The molecule has 14 nitrogen and oxygen atoms in total. The van der Waals surface area contributed by atoms with Gasteiger partial charge in [0.25, 0.3) is 23.6 Å². The maximum Gasteiger partial charge on any atom is 0.416 e. The van der Waals surface area contributed by atoms with Crippen molar-refractivity contribution in [3.8, 4) is 0 Å². The molecule has 354 valence electrons. The number of alkyl halides is 6. The molecule has 5 aromatic carbocycles. The first-order valence-corrected chi connectivity index (χ1v) is 20.8. The van der Waals surface area contributed by atoms with Crippen LogP contribution in [0.2, 0.25) is 20.1 Å². The molecule has 4 N–H and O–H groups in total. The lowest BCUT2D eigenvalue weighted by Gasteiger charge is -2.16. The van der Waals surface area contributed by atoms with Crippen LogP contribution in [-0.4, -0.2) is 47.3 Å². The Balaban J connectivity index is 1.26. The smallest absolute Gasteiger partial charge is 0.324 e. The third kappa shape index (κ3) is 13.2. The fourth-order valence-corrected chi connectivity index (χ4v) is 6.57. The normalized spacial score (nSPS) is 12.7. The highest BCUT2D eigenvalue weighted by Gasteiger charge is 2.32. The monoisotopic (exact) mass is 1020 g/mol. The van der Waals surface area contributed by atoms with Crippen molar-refractivity contribution in [2.24, 2.45) is 20.5 Å². The van der Waals surface area contributed by atoms with Crippen LogP contribution >= 0.6 is 46.4 Å². The number of aryl methyl sites for hydroxylation is 2. The molecule has 0 spiro atoms. The van der Waals surface area contributed by atoms with Crippen LogP contribution in [0, 0.1) is 13.8 Å². The van der Waals surface area contributed by atoms with Gasteiger partial charge in [-0.3, -0.25) is 28.8 Å². The van der Waals surface area contributed by atoms with Crippen LogP contribution in [0.5, 0.6) is 0 Å². The highest BCUT2D eigenvalue weighted by Crippen LogP contribution is 2.36. The highest BCUT2D eigenvalue weighted by molar-refractivity contribution is 6.35. The molecule has 5 rings (SSSR count). The van der Waals surface area contributed by atoms with Gasteiger partial charge in [-0.25, -0.2) is 0 Å². The van der Waals surface area contributed by atoms with E-state index in [0.29, 0.717) is 23.3 Å². The SMILES string of the molecule is CC(=O)C(N=Nc1cc(C(=O)Nc2ccc(C(F)(F)F)cc2Cl)ccc1Cl)C(=O)Nc1cc(C)c(NC(=O)C(N=Nc2cc(C(=O)Nc3ccc(C(F)(F)F)cc3Cl)ccc2Cl)C(C)=O)cc1C. The average Bonchev–Trinajstić information content (AvgIpc) is 3.24. The van der Waals surface area contributed by atoms with Crippen molar-refractivity contribution in [3.63, 3.8) is 0 Å². The van der Waals surface area contributed by atoms with Crippen LogP contribution in [0.1, 0.15) is 56.8 Å². The molecule has 4 amide bonds. The first kappa shape index (κ1) is 52.2. The molecular weight excluding hydrogens is 992 g/mol. The van der Waals surface area contributed by atoms with Gasteiger partial charge in [0.05, 0.1) is 42.6 Å². The van der Waals surface area contributed by atoms with Crippen LogP contribution in [0.3, 0.4) is 0 Å². The van der Waals surface area contributed by atoms with E-state index in [4.69, 9.17) is 46.4 Å². The quantitative estimate of drug-likeness (QED) is 0.0484. The molecule has 2 unspecified atom stereocenters. The Kier molecular flexibility index (Phi) is 16.5. The number of nitrogens with zero attached hydrogens (tertiary/aromatic N) is 4. The molecule has 0 aliphatic heterocycles. The number of carbonyl (C=O) groups excluding carboxylic acids is 6. The van der Waals surface area contributed by atoms with Gasteiger partial charge < -0.3 is 21.3 Å². The number of rotatable bonds is 14. The Morgan fingerprint density at radius 1 is 0.471 bits per heavy atom. The largest absolute Gasteiger partial charge is 0.416 e. The van der Waals surface area contributed by atoms with E-state index in [-0.39, 0.29) is 65.3 Å². The van der Waals surface area contributed by atoms with Crippen LogP contribution in [0.4, 0.5) is 60.5 Å². The Bertz CT molecular complexity index is 2740. The second-order valence-corrected chi connectivity index (χ2v) is 16.2. The third-order valence-corrected chi connectivity index (χ3v) is 10.7. The number of anilines is 4. The number of ketones is 2. The first-order valence-electron chi connectivity index (χ1n) is 19.2. The van der Waals surface area contributed by atoms with Gasteiger partial charge in [-0.15, -0.1) is 0 Å². The number of halogens is 10. The number of carbonyl (C=O) groups is 6. The summed E-state index contributed by atoms with van der Waals surface area (Å²) in [5, 5.41) is 24.7. The van der Waals surface area contributed by atoms with E-state index >= 15 is 0 Å². The molecule has 0 aliphatic rings. The average molecular weight is 1020 g/mol. The molecule has 0 radical (unpaired) electrons. The van der Waals surface area contributed by atoms with Crippen LogP contribution in [0.25, 0.3) is 0 Å². The minimum Gasteiger partial charge on any atom is -0.324 e. The van der Waals surface area contributed by atoms with Crippen LogP contribution < -0.4 is 21.3 Å². The molecule has 68 heavy (non-hydrogen) atoms. The first-order chi connectivity index (χ1) is 31.7. The molecule has 0 fully saturated rings. The fraction of sp³-hybridized carbons (Fsp3) is 0.182. The summed E-state index contributed by atoms with van der Waals surface area (Å²) in [5.74, 6) is -4.95. The minimum absolute atomic E-state index is 0.0380. The predicted molar refractivity (Wildman–Crippen MR) is 243 cm³/mol. The molecule has 0 heterocycles. The molecular formula is C44H32Cl4F6N8O6. The maximum atomic E-state index is 13.4. The molecule has 0 aliphatic carbocycles. The minimum atomic E-state index is -4.66. The lowest BCUT2D eigenvalue weighted by Crippen LogP contribution is -2.32. The van der Waals surface area contributed by atoms with Crippen molar-refractivity contribution < 1.29 is 55.1 Å². The van der Waals surface area contributed by atoms with E-state index in [0.717, 1.165) is 50.2 Å². The summed E-state index contributed by atoms with van der Waals surface area (Å²) < 4.78 is 78.3. The number of hydrogen-bond acceptors (Lipinski definition) is 10. The third-order valence-electron chi connectivity index (χ3n) is 9.42. The zero-order valence-electron chi connectivity index (χ0n) is 35.3. The van der Waals surface area contributed by atoms with Gasteiger partial charge in [0.15, 0.2) is 11.6 Å². The van der Waals surface area contributed by atoms with E-state index in [9.17, 15) is 55.1 Å². The topological polar surface area (TPSA) is 200 Å². The molecule has 0 saturated carbocycles. The second kappa shape index (κ2) is 21.5. The molecule has 0 aromatic heterocycles. The van der Waals surface area contributed by atoms with Crippen molar-refractivity contribution in [1.29, 1.82) is 0 Å². The Morgan fingerprint density at radius 2 is 0.824 bits per heavy atom. The lowest BCUT2D eigenvalue weighted by atomic mass is 10.1. The van der Waals surface area contributed by atoms with Gasteiger partial charge in [0.1, 0.15) is 11.4 Å². The summed E-state index contributed by atoms with van der Waals surface area (Å²) in [6.07, 6.45) is -9.32. The van der Waals surface area contributed by atoms with Gasteiger partial charge in [0, 0.05) is 22.5 Å². The van der Waals surface area contributed by atoms with Crippen molar-refractivity contribution in [2.45, 2.75) is 52.1 Å². The van der Waals surface area contributed by atoms with Crippen molar-refractivity contribution >= 4 is 116 Å². The van der Waals surface area contributed by atoms with Gasteiger partial charge in [-0.05, 0) is 124 Å². The maximum absolute atomic E-state index is 13.4. The van der Waals surface area contributed by atoms with Crippen molar-refractivity contribution in [1.82, 2.24) is 0 Å². The molecule has 24 heteroatoms. The zero-order valence-corrected chi connectivity index (χ0v) is 38.3. The van der Waals surface area contributed by atoms with E-state index in [1.54, 1.807) is 13.8 Å². The number of hydrogen-bond donors (Lipinski definition) is 4. The fourth-order valence-electron chi connectivity index (χ4n) is 5.80. The number of amides is 4. The number of Topliss-reactive ketones (excluding diaryl/α,β-unsaturated/α-hetero) is 2. The number of azo groups is 2. The van der Waals surface area contributed by atoms with Crippen molar-refractivity contribution in [3.05, 3.63) is 138 Å².